The molecule has 0 saturated heterocycles. The van der Waals surface area contributed by atoms with E-state index in [9.17, 15) is 4.79 Å². The highest BCUT2D eigenvalue weighted by Crippen LogP contribution is 2.24. The summed E-state index contributed by atoms with van der Waals surface area (Å²) < 4.78 is 6.82. The number of nitrogens with one attached hydrogen (secondary N) is 1. The molecule has 1 N–H and O–H groups in total. The number of rotatable bonds is 6. The summed E-state index contributed by atoms with van der Waals surface area (Å²) in [4.78, 5) is 12.9. The second-order valence-electron chi connectivity index (χ2n) is 6.64. The van der Waals surface area contributed by atoms with Crippen LogP contribution in [0.4, 0.5) is 0 Å². The van der Waals surface area contributed by atoms with Crippen molar-refractivity contribution in [3.8, 4) is 22.7 Å². The van der Waals surface area contributed by atoms with Gasteiger partial charge in [-0.1, -0.05) is 41.9 Å². The molecule has 154 valence electrons. The highest BCUT2D eigenvalue weighted by molar-refractivity contribution is 6.30. The number of nitrogens with zero attached hydrogens (tertiary/aromatic N) is 3. The normalized spacial score (nSPS) is 10.9. The maximum atomic E-state index is 12.9. The molecule has 0 spiro atoms. The minimum atomic E-state index is -0.374. The van der Waals surface area contributed by atoms with Crippen LogP contribution in [-0.4, -0.2) is 29.0 Å². The molecule has 0 bridgehead atoms. The van der Waals surface area contributed by atoms with Gasteiger partial charge in [-0.05, 0) is 60.2 Å². The van der Waals surface area contributed by atoms with Crippen LogP contribution in [0.2, 0.25) is 5.02 Å². The maximum Gasteiger partial charge on any atom is 0.290 e. The van der Waals surface area contributed by atoms with E-state index in [4.69, 9.17) is 16.3 Å². The number of hydrogen-bond donors (Lipinski definition) is 1. The minimum Gasteiger partial charge on any atom is -0.497 e. The molecule has 0 fully saturated rings. The van der Waals surface area contributed by atoms with Crippen LogP contribution in [-0.2, 0) is 0 Å². The Morgan fingerprint density at radius 1 is 1.03 bits per heavy atom. The summed E-state index contributed by atoms with van der Waals surface area (Å²) in [5, 5.41) is 9.35. The van der Waals surface area contributed by atoms with E-state index in [0.29, 0.717) is 16.4 Å². The lowest BCUT2D eigenvalue weighted by atomic mass is 10.1. The number of ether oxygens (including phenoxy) is 1. The number of halogens is 1. The van der Waals surface area contributed by atoms with Crippen molar-refractivity contribution in [1.29, 1.82) is 0 Å². The molecule has 1 amide bonds. The van der Waals surface area contributed by atoms with Gasteiger partial charge in [0.25, 0.3) is 5.91 Å². The zero-order chi connectivity index (χ0) is 21.6. The topological polar surface area (TPSA) is 68.5 Å². The predicted molar refractivity (Wildman–Crippen MR) is 122 cm³/mol. The van der Waals surface area contributed by atoms with E-state index in [1.54, 1.807) is 36.2 Å². The molecule has 31 heavy (non-hydrogen) atoms. The molecule has 0 radical (unpaired) electrons. The molecule has 0 aliphatic rings. The number of methoxy groups -OCH3 is 1. The van der Waals surface area contributed by atoms with Gasteiger partial charge in [0.2, 0.25) is 0 Å². The Morgan fingerprint density at radius 3 is 2.42 bits per heavy atom. The standard InChI is InChI=1S/C24H19ClN4O2/c1-31-21-13-9-18(10-14-21)22-15-23(29(28-22)20-5-3-2-4-6-20)24(30)27-26-16-17-7-11-19(25)12-8-17/h2-16H,1H3,(H,27,30)/b26-16-. The molecule has 7 heteroatoms. The molecular weight excluding hydrogens is 412 g/mol. The van der Waals surface area contributed by atoms with Crippen molar-refractivity contribution in [2.24, 2.45) is 5.10 Å². The van der Waals surface area contributed by atoms with Gasteiger partial charge in [0.1, 0.15) is 11.4 Å². The van der Waals surface area contributed by atoms with E-state index in [2.05, 4.69) is 15.6 Å². The van der Waals surface area contributed by atoms with Crippen LogP contribution in [0.15, 0.2) is 90.0 Å². The molecule has 0 aliphatic carbocycles. The largest absolute Gasteiger partial charge is 0.497 e. The van der Waals surface area contributed by atoms with Crippen LogP contribution in [0.5, 0.6) is 5.75 Å². The van der Waals surface area contributed by atoms with Crippen molar-refractivity contribution >= 4 is 23.7 Å². The monoisotopic (exact) mass is 430 g/mol. The first-order valence-corrected chi connectivity index (χ1v) is 9.91. The van der Waals surface area contributed by atoms with Gasteiger partial charge < -0.3 is 4.74 Å². The third-order valence-electron chi connectivity index (χ3n) is 4.58. The van der Waals surface area contributed by atoms with Crippen molar-refractivity contribution in [2.75, 3.05) is 7.11 Å². The van der Waals surface area contributed by atoms with E-state index in [-0.39, 0.29) is 5.91 Å². The average molecular weight is 431 g/mol. The summed E-state index contributed by atoms with van der Waals surface area (Å²) in [5.41, 5.74) is 6.06. The fourth-order valence-corrected chi connectivity index (χ4v) is 3.11. The van der Waals surface area contributed by atoms with Crippen molar-refractivity contribution < 1.29 is 9.53 Å². The van der Waals surface area contributed by atoms with Crippen LogP contribution >= 0.6 is 11.6 Å². The van der Waals surface area contributed by atoms with Gasteiger partial charge in [0.05, 0.1) is 24.7 Å². The number of carbonyl (C=O) groups is 1. The van der Waals surface area contributed by atoms with Crippen LogP contribution in [0, 0.1) is 0 Å². The van der Waals surface area contributed by atoms with Gasteiger partial charge in [-0.3, -0.25) is 4.79 Å². The highest BCUT2D eigenvalue weighted by atomic mass is 35.5. The first-order chi connectivity index (χ1) is 15.1. The summed E-state index contributed by atoms with van der Waals surface area (Å²) in [7, 11) is 1.62. The molecule has 0 unspecified atom stereocenters. The van der Waals surface area contributed by atoms with Crippen LogP contribution in [0.3, 0.4) is 0 Å². The zero-order valence-electron chi connectivity index (χ0n) is 16.7. The van der Waals surface area contributed by atoms with Gasteiger partial charge in [-0.2, -0.15) is 10.2 Å². The summed E-state index contributed by atoms with van der Waals surface area (Å²) >= 11 is 5.89. The van der Waals surface area contributed by atoms with Crippen molar-refractivity contribution in [3.05, 3.63) is 101 Å². The van der Waals surface area contributed by atoms with Crippen molar-refractivity contribution in [2.45, 2.75) is 0 Å². The lowest BCUT2D eigenvalue weighted by Crippen LogP contribution is -2.21. The van der Waals surface area contributed by atoms with Gasteiger partial charge in [-0.15, -0.1) is 0 Å². The summed E-state index contributed by atoms with van der Waals surface area (Å²) in [6.45, 7) is 0. The number of amides is 1. The lowest BCUT2D eigenvalue weighted by Gasteiger charge is -2.06. The number of para-hydroxylation sites is 1. The van der Waals surface area contributed by atoms with Gasteiger partial charge >= 0.3 is 0 Å². The number of benzene rings is 3. The van der Waals surface area contributed by atoms with Gasteiger partial charge in [0.15, 0.2) is 0 Å². The fourth-order valence-electron chi connectivity index (χ4n) is 2.98. The molecule has 0 aliphatic heterocycles. The Bertz CT molecular complexity index is 1200. The fraction of sp³-hybridized carbons (Fsp3) is 0.0417. The maximum absolute atomic E-state index is 12.9. The Balaban J connectivity index is 1.63. The molecule has 0 atom stereocenters. The van der Waals surface area contributed by atoms with Crippen molar-refractivity contribution in [3.63, 3.8) is 0 Å². The Kier molecular flexibility index (Phi) is 6.10. The first kappa shape index (κ1) is 20.4. The molecule has 4 rings (SSSR count). The Morgan fingerprint density at radius 2 is 1.74 bits per heavy atom. The summed E-state index contributed by atoms with van der Waals surface area (Å²) in [6, 6.07) is 25.9. The molecule has 4 aromatic rings. The first-order valence-electron chi connectivity index (χ1n) is 9.53. The zero-order valence-corrected chi connectivity index (χ0v) is 17.5. The smallest absolute Gasteiger partial charge is 0.290 e. The molecule has 3 aromatic carbocycles. The molecule has 1 aromatic heterocycles. The summed E-state index contributed by atoms with van der Waals surface area (Å²) in [5.74, 6) is 0.377. The van der Waals surface area contributed by atoms with E-state index >= 15 is 0 Å². The second-order valence-corrected chi connectivity index (χ2v) is 7.08. The van der Waals surface area contributed by atoms with E-state index in [1.807, 2.05) is 66.7 Å². The average Bonchev–Trinajstić information content (AvgIpc) is 3.27. The Hall–Kier alpha value is -3.90. The van der Waals surface area contributed by atoms with Crippen LogP contribution in [0.25, 0.3) is 16.9 Å². The van der Waals surface area contributed by atoms with Gasteiger partial charge in [0, 0.05) is 10.6 Å². The molecule has 0 saturated carbocycles. The third-order valence-corrected chi connectivity index (χ3v) is 4.83. The van der Waals surface area contributed by atoms with E-state index in [1.165, 1.54) is 0 Å². The molecule has 1 heterocycles. The molecular formula is C24H19ClN4O2. The minimum absolute atomic E-state index is 0.366. The van der Waals surface area contributed by atoms with E-state index < -0.39 is 0 Å². The predicted octanol–water partition coefficient (Wildman–Crippen LogP) is 4.97. The molecule has 6 nitrogen and oxygen atoms in total. The second kappa shape index (κ2) is 9.28. The van der Waals surface area contributed by atoms with Crippen LogP contribution in [0.1, 0.15) is 16.1 Å². The number of hydrazone groups is 1. The van der Waals surface area contributed by atoms with Gasteiger partial charge in [-0.25, -0.2) is 10.1 Å². The number of hydrogen-bond acceptors (Lipinski definition) is 4. The number of aromatic nitrogens is 2. The SMILES string of the molecule is COc1ccc(-c2cc(C(=O)N/N=C\c3ccc(Cl)cc3)n(-c3ccccc3)n2)cc1. The number of carbonyl (C=O) groups excluding carboxylic acids is 1. The van der Waals surface area contributed by atoms with E-state index in [0.717, 1.165) is 22.6 Å². The quantitative estimate of drug-likeness (QED) is 0.347. The highest BCUT2D eigenvalue weighted by Gasteiger charge is 2.17. The van der Waals surface area contributed by atoms with Crippen molar-refractivity contribution in [1.82, 2.24) is 15.2 Å². The summed E-state index contributed by atoms with van der Waals surface area (Å²) in [6.07, 6.45) is 1.56. The lowest BCUT2D eigenvalue weighted by molar-refractivity contribution is 0.0947. The third kappa shape index (κ3) is 4.82. The van der Waals surface area contributed by atoms with Crippen LogP contribution < -0.4 is 10.2 Å². The Labute approximate surface area is 184 Å².